The molecular weight excluding hydrogens is 218 g/mol. The summed E-state index contributed by atoms with van der Waals surface area (Å²) < 4.78 is 4.83. The molecule has 1 amide bonds. The number of hydrogen-bond donors (Lipinski definition) is 2. The molecule has 0 aliphatic carbocycles. The van der Waals surface area contributed by atoms with E-state index in [1.807, 2.05) is 12.1 Å². The third-order valence-electron chi connectivity index (χ3n) is 2.25. The van der Waals surface area contributed by atoms with E-state index in [1.165, 1.54) is 5.56 Å². The summed E-state index contributed by atoms with van der Waals surface area (Å²) in [6, 6.07) is 3.95. The fraction of sp³-hybridized carbons (Fsp3) is 0.500. The molecule has 1 heterocycles. The van der Waals surface area contributed by atoms with Crippen molar-refractivity contribution in [2.24, 2.45) is 0 Å². The molecule has 0 unspecified atom stereocenters. The Bertz CT molecular complexity index is 317. The average molecular weight is 237 g/mol. The molecule has 1 aromatic rings. The molecule has 0 fully saturated rings. The van der Waals surface area contributed by atoms with Gasteiger partial charge in [-0.25, -0.2) is 0 Å². The third kappa shape index (κ3) is 6.65. The number of aromatic nitrogens is 1. The molecule has 5 nitrogen and oxygen atoms in total. The zero-order valence-electron chi connectivity index (χ0n) is 10.1. The molecule has 0 aromatic carbocycles. The van der Waals surface area contributed by atoms with Gasteiger partial charge in [0.25, 0.3) is 0 Å². The van der Waals surface area contributed by atoms with Gasteiger partial charge in [0.1, 0.15) is 0 Å². The number of ether oxygens (including phenoxy) is 1. The zero-order valence-corrected chi connectivity index (χ0v) is 10.1. The molecule has 0 spiro atoms. The van der Waals surface area contributed by atoms with Gasteiger partial charge in [-0.3, -0.25) is 9.78 Å². The van der Waals surface area contributed by atoms with E-state index in [0.29, 0.717) is 19.7 Å². The third-order valence-corrected chi connectivity index (χ3v) is 2.25. The van der Waals surface area contributed by atoms with Crippen LogP contribution >= 0.6 is 0 Å². The van der Waals surface area contributed by atoms with Gasteiger partial charge in [-0.05, 0) is 30.7 Å². The Balaban J connectivity index is 2.02. The van der Waals surface area contributed by atoms with Crippen molar-refractivity contribution < 1.29 is 9.53 Å². The van der Waals surface area contributed by atoms with Crippen molar-refractivity contribution >= 4 is 5.91 Å². The van der Waals surface area contributed by atoms with E-state index in [1.54, 1.807) is 19.5 Å². The molecule has 0 aliphatic rings. The topological polar surface area (TPSA) is 63.2 Å². The molecule has 0 saturated carbocycles. The van der Waals surface area contributed by atoms with E-state index < -0.39 is 0 Å². The number of nitrogens with one attached hydrogen (secondary N) is 2. The molecule has 0 radical (unpaired) electrons. The maximum atomic E-state index is 11.3. The van der Waals surface area contributed by atoms with Crippen molar-refractivity contribution in [1.29, 1.82) is 0 Å². The molecule has 0 atom stereocenters. The monoisotopic (exact) mass is 237 g/mol. The lowest BCUT2D eigenvalue weighted by atomic mass is 10.2. The zero-order chi connectivity index (χ0) is 12.3. The maximum Gasteiger partial charge on any atom is 0.234 e. The van der Waals surface area contributed by atoms with Crippen LogP contribution in [0.25, 0.3) is 0 Å². The number of nitrogens with zero attached hydrogens (tertiary/aromatic N) is 1. The quantitative estimate of drug-likeness (QED) is 0.624. The Morgan fingerprint density at radius 2 is 2.12 bits per heavy atom. The number of methoxy groups -OCH3 is 1. The number of rotatable bonds is 8. The largest absolute Gasteiger partial charge is 0.383 e. The number of amides is 1. The predicted molar refractivity (Wildman–Crippen MR) is 65.7 cm³/mol. The van der Waals surface area contributed by atoms with Crippen LogP contribution in [0.1, 0.15) is 5.56 Å². The predicted octanol–water partition coefficient (Wildman–Crippen LogP) is -0.0237. The normalized spacial score (nSPS) is 10.2. The summed E-state index contributed by atoms with van der Waals surface area (Å²) in [5.74, 6) is -0.00298. The molecule has 0 aliphatic heterocycles. The lowest BCUT2D eigenvalue weighted by Gasteiger charge is -2.06. The van der Waals surface area contributed by atoms with Crippen LogP contribution in [0.5, 0.6) is 0 Å². The van der Waals surface area contributed by atoms with Gasteiger partial charge in [0.2, 0.25) is 5.91 Å². The van der Waals surface area contributed by atoms with Crippen LogP contribution in [0.2, 0.25) is 0 Å². The second kappa shape index (κ2) is 8.66. The summed E-state index contributed by atoms with van der Waals surface area (Å²) in [5, 5.41) is 5.83. The smallest absolute Gasteiger partial charge is 0.234 e. The van der Waals surface area contributed by atoms with Gasteiger partial charge in [-0.1, -0.05) is 0 Å². The first-order valence-corrected chi connectivity index (χ1v) is 5.68. The highest BCUT2D eigenvalue weighted by atomic mass is 16.5. The van der Waals surface area contributed by atoms with Crippen molar-refractivity contribution in [2.75, 3.05) is 33.4 Å². The van der Waals surface area contributed by atoms with Crippen molar-refractivity contribution in [2.45, 2.75) is 6.42 Å². The van der Waals surface area contributed by atoms with Gasteiger partial charge >= 0.3 is 0 Å². The van der Waals surface area contributed by atoms with Crippen LogP contribution in [-0.4, -0.2) is 44.2 Å². The summed E-state index contributed by atoms with van der Waals surface area (Å²) in [4.78, 5) is 15.2. The summed E-state index contributed by atoms with van der Waals surface area (Å²) in [7, 11) is 1.61. The Morgan fingerprint density at radius 3 is 2.82 bits per heavy atom. The highest BCUT2D eigenvalue weighted by Gasteiger charge is 1.99. The second-order valence-corrected chi connectivity index (χ2v) is 3.62. The van der Waals surface area contributed by atoms with E-state index in [4.69, 9.17) is 4.74 Å². The van der Waals surface area contributed by atoms with E-state index in [2.05, 4.69) is 15.6 Å². The van der Waals surface area contributed by atoms with E-state index in [-0.39, 0.29) is 5.91 Å². The van der Waals surface area contributed by atoms with E-state index >= 15 is 0 Å². The molecule has 2 N–H and O–H groups in total. The fourth-order valence-corrected chi connectivity index (χ4v) is 1.34. The molecule has 0 saturated heterocycles. The first-order valence-electron chi connectivity index (χ1n) is 5.68. The Kier molecular flexibility index (Phi) is 6.93. The highest BCUT2D eigenvalue weighted by Crippen LogP contribution is 1.95. The molecular formula is C12H19N3O2. The van der Waals surface area contributed by atoms with Crippen LogP contribution in [-0.2, 0) is 16.0 Å². The molecule has 0 bridgehead atoms. The maximum absolute atomic E-state index is 11.3. The minimum absolute atomic E-state index is 0.00298. The Labute approximate surface area is 102 Å². The van der Waals surface area contributed by atoms with Crippen LogP contribution < -0.4 is 10.6 Å². The molecule has 1 rings (SSSR count). The van der Waals surface area contributed by atoms with Crippen LogP contribution in [0.3, 0.4) is 0 Å². The van der Waals surface area contributed by atoms with Gasteiger partial charge in [0, 0.05) is 26.0 Å². The van der Waals surface area contributed by atoms with Crippen molar-refractivity contribution in [1.82, 2.24) is 15.6 Å². The van der Waals surface area contributed by atoms with Gasteiger partial charge in [-0.15, -0.1) is 0 Å². The van der Waals surface area contributed by atoms with Gasteiger partial charge < -0.3 is 15.4 Å². The second-order valence-electron chi connectivity index (χ2n) is 3.62. The molecule has 5 heteroatoms. The van der Waals surface area contributed by atoms with Crippen molar-refractivity contribution in [3.8, 4) is 0 Å². The van der Waals surface area contributed by atoms with Gasteiger partial charge in [-0.2, -0.15) is 0 Å². The number of hydrogen-bond acceptors (Lipinski definition) is 4. The minimum Gasteiger partial charge on any atom is -0.383 e. The average Bonchev–Trinajstić information content (AvgIpc) is 2.36. The van der Waals surface area contributed by atoms with Crippen LogP contribution in [0.4, 0.5) is 0 Å². The van der Waals surface area contributed by atoms with Crippen molar-refractivity contribution in [3.05, 3.63) is 30.1 Å². The number of pyridine rings is 1. The summed E-state index contributed by atoms with van der Waals surface area (Å²) in [5.41, 5.74) is 1.22. The molecule has 94 valence electrons. The first kappa shape index (κ1) is 13.6. The fourth-order valence-electron chi connectivity index (χ4n) is 1.34. The Morgan fingerprint density at radius 1 is 1.35 bits per heavy atom. The number of carbonyl (C=O) groups is 1. The standard InChI is InChI=1S/C12H19N3O2/c1-17-9-8-15-12(16)10-14-7-4-11-2-5-13-6-3-11/h2-3,5-6,14H,4,7-10H2,1H3,(H,15,16). The van der Waals surface area contributed by atoms with E-state index in [0.717, 1.165) is 13.0 Å². The molecule has 1 aromatic heterocycles. The highest BCUT2D eigenvalue weighted by molar-refractivity contribution is 5.77. The SMILES string of the molecule is COCCNC(=O)CNCCc1ccncc1. The lowest BCUT2D eigenvalue weighted by Crippen LogP contribution is -2.36. The Hall–Kier alpha value is -1.46. The first-order chi connectivity index (χ1) is 8.33. The van der Waals surface area contributed by atoms with E-state index in [9.17, 15) is 4.79 Å². The van der Waals surface area contributed by atoms with Crippen molar-refractivity contribution in [3.63, 3.8) is 0 Å². The minimum atomic E-state index is -0.00298. The molecule has 17 heavy (non-hydrogen) atoms. The summed E-state index contributed by atoms with van der Waals surface area (Å²) in [6.07, 6.45) is 4.44. The van der Waals surface area contributed by atoms with Crippen LogP contribution in [0.15, 0.2) is 24.5 Å². The summed E-state index contributed by atoms with van der Waals surface area (Å²) >= 11 is 0. The van der Waals surface area contributed by atoms with Gasteiger partial charge in [0.15, 0.2) is 0 Å². The lowest BCUT2D eigenvalue weighted by molar-refractivity contribution is -0.120. The summed E-state index contributed by atoms with van der Waals surface area (Å²) in [6.45, 7) is 2.22. The number of carbonyl (C=O) groups excluding carboxylic acids is 1. The van der Waals surface area contributed by atoms with Crippen LogP contribution in [0, 0.1) is 0 Å². The van der Waals surface area contributed by atoms with Gasteiger partial charge in [0.05, 0.1) is 13.2 Å².